The van der Waals surface area contributed by atoms with Crippen molar-refractivity contribution in [2.45, 2.75) is 25.3 Å². The van der Waals surface area contributed by atoms with E-state index in [1.807, 2.05) is 6.07 Å². The normalized spacial score (nSPS) is 26.6. The lowest BCUT2D eigenvalue weighted by molar-refractivity contribution is 0.0618. The predicted octanol–water partition coefficient (Wildman–Crippen LogP) is 2.32. The van der Waals surface area contributed by atoms with Crippen molar-refractivity contribution < 1.29 is 4.79 Å². The molecule has 0 unspecified atom stereocenters. The second-order valence-electron chi connectivity index (χ2n) is 6.61. The van der Waals surface area contributed by atoms with Crippen LogP contribution < -0.4 is 5.32 Å². The van der Waals surface area contributed by atoms with Gasteiger partial charge in [0.25, 0.3) is 5.91 Å². The molecule has 2 aromatic rings. The van der Waals surface area contributed by atoms with Gasteiger partial charge in [-0.15, -0.1) is 0 Å². The van der Waals surface area contributed by atoms with Gasteiger partial charge >= 0.3 is 0 Å². The number of aryl methyl sites for hydroxylation is 1. The largest absolute Gasteiger partial charge is 0.346 e. The third kappa shape index (κ3) is 2.90. The van der Waals surface area contributed by atoms with Crippen LogP contribution in [-0.4, -0.2) is 52.0 Å². The number of fused-ring (bicyclic) bond motifs is 4. The van der Waals surface area contributed by atoms with Gasteiger partial charge in [0.05, 0.1) is 5.52 Å². The Labute approximate surface area is 143 Å². The van der Waals surface area contributed by atoms with Crippen LogP contribution in [0.2, 0.25) is 0 Å². The first-order chi connectivity index (χ1) is 11.2. The van der Waals surface area contributed by atoms with Gasteiger partial charge in [-0.05, 0) is 56.0 Å². The zero-order valence-corrected chi connectivity index (χ0v) is 14.6. The van der Waals surface area contributed by atoms with Gasteiger partial charge in [-0.25, -0.2) is 0 Å². The Kier molecular flexibility index (Phi) is 4.11. The zero-order chi connectivity index (χ0) is 15.8. The Bertz CT molecular complexity index is 720. The number of alkyl halides is 1. The van der Waals surface area contributed by atoms with Gasteiger partial charge in [-0.3, -0.25) is 9.89 Å². The highest BCUT2D eigenvalue weighted by Crippen LogP contribution is 2.28. The maximum atomic E-state index is 12.7. The van der Waals surface area contributed by atoms with Crippen molar-refractivity contribution in [3.8, 4) is 0 Å². The number of hydrogen-bond donors (Lipinski definition) is 2. The standard InChI is InChI=1S/C17H21BrN4O/c18-6-3-11-1-2-14-13(9-11)16(21-20-14)17(23)19-15-10-22-7-4-12(15)5-8-22/h1-2,9,12,15H,3-8,10H2,(H,19,23)(H,20,21)/t15-/m1/s1. The Morgan fingerprint density at radius 2 is 2.22 bits per heavy atom. The minimum atomic E-state index is -0.0500. The highest BCUT2D eigenvalue weighted by atomic mass is 79.9. The summed E-state index contributed by atoms with van der Waals surface area (Å²) in [5.74, 6) is 0.573. The van der Waals surface area contributed by atoms with Crippen molar-refractivity contribution >= 4 is 32.7 Å². The fourth-order valence-corrected chi connectivity index (χ4v) is 4.32. The van der Waals surface area contributed by atoms with E-state index < -0.39 is 0 Å². The molecule has 2 bridgehead atoms. The highest BCUT2D eigenvalue weighted by Gasteiger charge is 2.35. The molecule has 0 saturated carbocycles. The Morgan fingerprint density at radius 3 is 2.91 bits per heavy atom. The Balaban J connectivity index is 1.56. The average Bonchev–Trinajstić information content (AvgIpc) is 2.99. The Hall–Kier alpha value is -1.40. The van der Waals surface area contributed by atoms with E-state index in [1.165, 1.54) is 31.5 Å². The zero-order valence-electron chi connectivity index (χ0n) is 13.0. The number of rotatable bonds is 4. The average molecular weight is 377 g/mol. The van der Waals surface area contributed by atoms with Crippen molar-refractivity contribution in [2.24, 2.45) is 5.92 Å². The summed E-state index contributed by atoms with van der Waals surface area (Å²) in [5, 5.41) is 12.3. The number of benzene rings is 1. The van der Waals surface area contributed by atoms with Crippen LogP contribution in [-0.2, 0) is 6.42 Å². The van der Waals surface area contributed by atoms with E-state index in [1.54, 1.807) is 0 Å². The van der Waals surface area contributed by atoms with E-state index in [4.69, 9.17) is 0 Å². The van der Waals surface area contributed by atoms with Crippen LogP contribution in [0, 0.1) is 5.92 Å². The van der Waals surface area contributed by atoms with Crippen LogP contribution in [0.1, 0.15) is 28.9 Å². The van der Waals surface area contributed by atoms with Crippen molar-refractivity contribution in [1.29, 1.82) is 0 Å². The molecule has 0 spiro atoms. The molecule has 1 aromatic heterocycles. The number of hydrogen-bond acceptors (Lipinski definition) is 3. The van der Waals surface area contributed by atoms with E-state index in [0.29, 0.717) is 11.6 Å². The molecule has 1 aromatic carbocycles. The second-order valence-corrected chi connectivity index (χ2v) is 7.40. The molecule has 1 amide bonds. The lowest BCUT2D eigenvalue weighted by atomic mass is 9.84. The van der Waals surface area contributed by atoms with Crippen LogP contribution in [0.25, 0.3) is 10.9 Å². The Morgan fingerprint density at radius 1 is 1.39 bits per heavy atom. The van der Waals surface area contributed by atoms with Gasteiger partial charge in [-0.2, -0.15) is 5.10 Å². The molecule has 0 aliphatic carbocycles. The molecule has 3 saturated heterocycles. The van der Waals surface area contributed by atoms with Gasteiger partial charge in [0.15, 0.2) is 5.69 Å². The van der Waals surface area contributed by atoms with E-state index in [2.05, 4.69) is 48.5 Å². The molecule has 3 aliphatic rings. The molecular formula is C17H21BrN4O. The molecule has 3 aliphatic heterocycles. The smallest absolute Gasteiger partial charge is 0.272 e. The molecule has 23 heavy (non-hydrogen) atoms. The van der Waals surface area contributed by atoms with Gasteiger partial charge in [0.2, 0.25) is 0 Å². The quantitative estimate of drug-likeness (QED) is 0.804. The lowest BCUT2D eigenvalue weighted by Crippen LogP contribution is -2.57. The minimum absolute atomic E-state index is 0.0500. The number of halogens is 1. The predicted molar refractivity (Wildman–Crippen MR) is 94.0 cm³/mol. The molecule has 6 heteroatoms. The first kappa shape index (κ1) is 15.1. The summed E-state index contributed by atoms with van der Waals surface area (Å²) >= 11 is 3.47. The van der Waals surface area contributed by atoms with Crippen LogP contribution in [0.15, 0.2) is 18.2 Å². The SMILES string of the molecule is O=C(N[C@@H]1CN2CCC1CC2)c1n[nH]c2ccc(CCBr)cc12. The van der Waals surface area contributed by atoms with Gasteiger partial charge in [0.1, 0.15) is 0 Å². The fourth-order valence-electron chi connectivity index (χ4n) is 3.86. The highest BCUT2D eigenvalue weighted by molar-refractivity contribution is 9.09. The van der Waals surface area contributed by atoms with Gasteiger partial charge < -0.3 is 10.2 Å². The molecule has 5 nitrogen and oxygen atoms in total. The monoisotopic (exact) mass is 376 g/mol. The minimum Gasteiger partial charge on any atom is -0.346 e. The van der Waals surface area contributed by atoms with Crippen molar-refractivity contribution in [3.63, 3.8) is 0 Å². The summed E-state index contributed by atoms with van der Waals surface area (Å²) in [7, 11) is 0. The first-order valence-electron chi connectivity index (χ1n) is 8.31. The van der Waals surface area contributed by atoms with E-state index in [0.717, 1.165) is 29.2 Å². The van der Waals surface area contributed by atoms with Crippen LogP contribution in [0.4, 0.5) is 0 Å². The number of amides is 1. The lowest BCUT2D eigenvalue weighted by Gasteiger charge is -2.44. The molecule has 4 heterocycles. The molecule has 3 fully saturated rings. The van der Waals surface area contributed by atoms with Gasteiger partial charge in [0, 0.05) is 23.3 Å². The first-order valence-corrected chi connectivity index (χ1v) is 9.43. The maximum Gasteiger partial charge on any atom is 0.272 e. The fraction of sp³-hybridized carbons (Fsp3) is 0.529. The molecule has 2 N–H and O–H groups in total. The third-order valence-corrected chi connectivity index (χ3v) is 5.59. The maximum absolute atomic E-state index is 12.7. The number of piperidine rings is 3. The second kappa shape index (κ2) is 6.24. The summed E-state index contributed by atoms with van der Waals surface area (Å²) in [4.78, 5) is 15.2. The van der Waals surface area contributed by atoms with E-state index >= 15 is 0 Å². The summed E-state index contributed by atoms with van der Waals surface area (Å²) in [6.45, 7) is 3.34. The van der Waals surface area contributed by atoms with Crippen LogP contribution in [0.3, 0.4) is 0 Å². The number of nitrogens with one attached hydrogen (secondary N) is 2. The third-order valence-electron chi connectivity index (χ3n) is 5.20. The summed E-state index contributed by atoms with van der Waals surface area (Å²) in [5.41, 5.74) is 2.66. The number of aromatic amines is 1. The number of H-pyrrole nitrogens is 1. The summed E-state index contributed by atoms with van der Waals surface area (Å²) < 4.78 is 0. The van der Waals surface area contributed by atoms with Crippen molar-refractivity contribution in [2.75, 3.05) is 25.0 Å². The molecule has 122 valence electrons. The molecule has 1 atom stereocenters. The topological polar surface area (TPSA) is 61.0 Å². The van der Waals surface area contributed by atoms with E-state index in [9.17, 15) is 4.79 Å². The number of nitrogens with zero attached hydrogens (tertiary/aromatic N) is 2. The van der Waals surface area contributed by atoms with Crippen LogP contribution in [0.5, 0.6) is 0 Å². The number of carbonyl (C=O) groups is 1. The van der Waals surface area contributed by atoms with Crippen molar-refractivity contribution in [3.05, 3.63) is 29.5 Å². The van der Waals surface area contributed by atoms with Crippen LogP contribution >= 0.6 is 15.9 Å². The number of aromatic nitrogens is 2. The van der Waals surface area contributed by atoms with E-state index in [-0.39, 0.29) is 11.9 Å². The van der Waals surface area contributed by atoms with Gasteiger partial charge in [-0.1, -0.05) is 22.0 Å². The summed E-state index contributed by atoms with van der Waals surface area (Å²) in [6.07, 6.45) is 3.34. The van der Waals surface area contributed by atoms with Crippen molar-refractivity contribution in [1.82, 2.24) is 20.4 Å². The summed E-state index contributed by atoms with van der Waals surface area (Å²) in [6, 6.07) is 6.43. The molecule has 5 rings (SSSR count). The molecular weight excluding hydrogens is 356 g/mol. The number of carbonyl (C=O) groups excluding carboxylic acids is 1. The molecule has 0 radical (unpaired) electrons.